The highest BCUT2D eigenvalue weighted by molar-refractivity contribution is 5.82. The van der Waals surface area contributed by atoms with Gasteiger partial charge in [0.1, 0.15) is 17.3 Å². The van der Waals surface area contributed by atoms with Crippen molar-refractivity contribution in [3.05, 3.63) is 65.5 Å². The first-order valence-electron chi connectivity index (χ1n) is 14.8. The second-order valence-corrected chi connectivity index (χ2v) is 13.5. The van der Waals surface area contributed by atoms with Gasteiger partial charge in [0.15, 0.2) is 0 Å². The van der Waals surface area contributed by atoms with Gasteiger partial charge in [0.25, 0.3) is 0 Å². The molecule has 2 saturated carbocycles. The average Bonchev–Trinajstić information content (AvgIpc) is 3.54. The molecular weight excluding hydrogens is 508 g/mol. The first-order chi connectivity index (χ1) is 19.1. The van der Waals surface area contributed by atoms with Crippen molar-refractivity contribution in [2.45, 2.75) is 92.7 Å². The summed E-state index contributed by atoms with van der Waals surface area (Å²) in [6, 6.07) is 7.60. The summed E-state index contributed by atoms with van der Waals surface area (Å²) in [5, 5.41) is 58.4. The van der Waals surface area contributed by atoms with E-state index in [1.165, 1.54) is 0 Å². The fourth-order valence-electron chi connectivity index (χ4n) is 9.71. The van der Waals surface area contributed by atoms with Gasteiger partial charge in [-0.1, -0.05) is 31.2 Å². The molecule has 0 radical (unpaired) electrons. The molecule has 2 aromatic rings. The van der Waals surface area contributed by atoms with E-state index in [-0.39, 0.29) is 12.0 Å². The molecule has 5 N–H and O–H groups in total. The number of fused-ring (bicyclic) bond motifs is 2. The van der Waals surface area contributed by atoms with Crippen molar-refractivity contribution in [1.29, 1.82) is 0 Å². The molecule has 6 aliphatic rings. The van der Waals surface area contributed by atoms with Crippen molar-refractivity contribution >= 4 is 10.8 Å². The highest BCUT2D eigenvalue weighted by Crippen LogP contribution is 2.70. The van der Waals surface area contributed by atoms with Crippen LogP contribution in [0.25, 0.3) is 10.8 Å². The monoisotopic (exact) mass is 546 g/mol. The summed E-state index contributed by atoms with van der Waals surface area (Å²) in [6.45, 7) is 2.77. The Balaban J connectivity index is 1.19. The number of nitrogens with zero attached hydrogens (tertiary/aromatic N) is 2. The lowest BCUT2D eigenvalue weighted by Gasteiger charge is -2.57. The molecule has 8 rings (SSSR count). The van der Waals surface area contributed by atoms with Gasteiger partial charge in [-0.2, -0.15) is 0 Å². The first-order valence-corrected chi connectivity index (χ1v) is 14.8. The van der Waals surface area contributed by atoms with Gasteiger partial charge in [0.2, 0.25) is 0 Å². The zero-order chi connectivity index (χ0) is 27.7. The Kier molecular flexibility index (Phi) is 5.25. The number of β-amino-alcohol motifs (C(OH)–C–C–N with tert-alkyl or cyclic N) is 2. The van der Waals surface area contributed by atoms with E-state index in [9.17, 15) is 25.5 Å². The highest BCUT2D eigenvalue weighted by atomic mass is 16.5. The van der Waals surface area contributed by atoms with Crippen LogP contribution in [-0.2, 0) is 10.3 Å². The normalized spacial score (nSPS) is 48.0. The van der Waals surface area contributed by atoms with Crippen LogP contribution in [0.3, 0.4) is 0 Å². The number of benzene rings is 1. The topological polar surface area (TPSA) is 127 Å². The molecule has 10 atom stereocenters. The number of aromatic nitrogens is 1. The molecule has 8 nitrogen and oxygen atoms in total. The zero-order valence-electron chi connectivity index (χ0n) is 22.8. The summed E-state index contributed by atoms with van der Waals surface area (Å²) >= 11 is 0. The maximum atomic E-state index is 12.5. The molecule has 40 heavy (non-hydrogen) atoms. The Morgan fingerprint density at radius 1 is 1.00 bits per heavy atom. The lowest BCUT2D eigenvalue weighted by atomic mass is 9.56. The highest BCUT2D eigenvalue weighted by Gasteiger charge is 2.73. The SMILES string of the molecule is C[C@]12CC=C3C=C4CC[C@@H](N5C[C@H](O)[C@@H](O)C5)[C@@H](O)[C@]45CCC3(O5)[C@@H]1C[C@@H](O)[C@]2(O)c1ccc2ccncc2c1. The molecule has 1 aromatic heterocycles. The number of aliphatic hydroxyl groups is 5. The third-order valence-corrected chi connectivity index (χ3v) is 11.9. The number of likely N-dealkylation sites (tertiary alicyclic amines) is 1. The second-order valence-electron chi connectivity index (χ2n) is 13.5. The minimum absolute atomic E-state index is 0.148. The summed E-state index contributed by atoms with van der Waals surface area (Å²) in [5.41, 5.74) is -0.764. The number of ether oxygens (including phenoxy) is 1. The summed E-state index contributed by atoms with van der Waals surface area (Å²) in [5.74, 6) is -0.148. The predicted molar refractivity (Wildman–Crippen MR) is 147 cm³/mol. The van der Waals surface area contributed by atoms with Crippen molar-refractivity contribution in [3.8, 4) is 0 Å². The largest absolute Gasteiger partial charge is 0.390 e. The fraction of sp³-hybridized carbons (Fsp3) is 0.594. The van der Waals surface area contributed by atoms with Crippen LogP contribution in [0.1, 0.15) is 51.0 Å². The van der Waals surface area contributed by atoms with Crippen molar-refractivity contribution in [3.63, 3.8) is 0 Å². The Morgan fingerprint density at radius 3 is 2.58 bits per heavy atom. The molecule has 0 amide bonds. The van der Waals surface area contributed by atoms with Crippen LogP contribution in [0.4, 0.5) is 0 Å². The Hall–Kier alpha value is -2.17. The van der Waals surface area contributed by atoms with Gasteiger partial charge in [-0.3, -0.25) is 9.88 Å². The van der Waals surface area contributed by atoms with Crippen molar-refractivity contribution in [2.24, 2.45) is 11.3 Å². The summed E-state index contributed by atoms with van der Waals surface area (Å²) < 4.78 is 7.19. The van der Waals surface area contributed by atoms with Gasteiger partial charge in [-0.25, -0.2) is 0 Å². The van der Waals surface area contributed by atoms with E-state index in [1.807, 2.05) is 29.2 Å². The minimum Gasteiger partial charge on any atom is -0.390 e. The molecular formula is C32H38N2O6. The molecule has 3 aliphatic heterocycles. The van der Waals surface area contributed by atoms with Gasteiger partial charge in [-0.15, -0.1) is 0 Å². The van der Waals surface area contributed by atoms with Crippen LogP contribution in [0.15, 0.2) is 60.0 Å². The average molecular weight is 547 g/mol. The minimum atomic E-state index is -1.48. The molecule has 4 heterocycles. The lowest BCUT2D eigenvalue weighted by molar-refractivity contribution is -0.200. The molecule has 2 spiro atoms. The molecule has 3 aliphatic carbocycles. The fourth-order valence-corrected chi connectivity index (χ4v) is 9.71. The summed E-state index contributed by atoms with van der Waals surface area (Å²) in [6.07, 6.45) is 8.53. The maximum absolute atomic E-state index is 12.5. The Bertz CT molecular complexity index is 1450. The smallest absolute Gasteiger partial charge is 0.121 e. The molecule has 1 unspecified atom stereocenters. The number of allylic oxidation sites excluding steroid dienone is 1. The summed E-state index contributed by atoms with van der Waals surface area (Å²) in [4.78, 5) is 6.27. The molecule has 4 fully saturated rings. The van der Waals surface area contributed by atoms with E-state index in [2.05, 4.69) is 24.1 Å². The molecule has 2 saturated heterocycles. The quantitative estimate of drug-likeness (QED) is 0.387. The third kappa shape index (κ3) is 2.98. The van der Waals surface area contributed by atoms with Crippen molar-refractivity contribution in [1.82, 2.24) is 9.88 Å². The number of pyridine rings is 1. The van der Waals surface area contributed by atoms with E-state index in [1.54, 1.807) is 12.4 Å². The van der Waals surface area contributed by atoms with Crippen LogP contribution >= 0.6 is 0 Å². The van der Waals surface area contributed by atoms with Crippen LogP contribution < -0.4 is 0 Å². The van der Waals surface area contributed by atoms with Gasteiger partial charge in [-0.05, 0) is 72.8 Å². The Labute approximate surface area is 233 Å². The summed E-state index contributed by atoms with van der Waals surface area (Å²) in [7, 11) is 0. The van der Waals surface area contributed by atoms with Gasteiger partial charge in [0.05, 0.1) is 23.9 Å². The van der Waals surface area contributed by atoms with Crippen LogP contribution in [0, 0.1) is 11.3 Å². The van der Waals surface area contributed by atoms with E-state index in [4.69, 9.17) is 4.74 Å². The molecule has 212 valence electrons. The van der Waals surface area contributed by atoms with E-state index in [0.29, 0.717) is 44.3 Å². The van der Waals surface area contributed by atoms with Crippen molar-refractivity contribution in [2.75, 3.05) is 13.1 Å². The van der Waals surface area contributed by atoms with Crippen LogP contribution in [0.5, 0.6) is 0 Å². The standard InChI is InChI=1S/C32H38N2O6/c1-29-8-6-21-13-20-4-5-23(34-16-24(35)25(36)17-34)28(38)31(20)10-9-30(21,40-31)26(29)14-27(37)32(29,39)22-3-2-18-7-11-33-15-19(18)12-22/h2-3,6-7,11-13,15,23-28,35-39H,4-5,8-10,14,16-17H2,1H3/t23-,24+,25+,26-,27-,28-,29+,30?,31+,32-/m1/s1. The zero-order valence-corrected chi connectivity index (χ0v) is 22.8. The van der Waals surface area contributed by atoms with E-state index < -0.39 is 46.6 Å². The number of rotatable bonds is 2. The van der Waals surface area contributed by atoms with Crippen LogP contribution in [0.2, 0.25) is 0 Å². The Morgan fingerprint density at radius 2 is 1.77 bits per heavy atom. The first kappa shape index (κ1) is 25.5. The second kappa shape index (κ2) is 8.22. The van der Waals surface area contributed by atoms with E-state index >= 15 is 0 Å². The predicted octanol–water partition coefficient (Wildman–Crippen LogP) is 1.93. The maximum Gasteiger partial charge on any atom is 0.121 e. The van der Waals surface area contributed by atoms with Gasteiger partial charge >= 0.3 is 0 Å². The molecule has 2 bridgehead atoms. The molecule has 8 heteroatoms. The van der Waals surface area contributed by atoms with E-state index in [0.717, 1.165) is 34.8 Å². The number of aliphatic hydroxyl groups excluding tert-OH is 4. The molecule has 1 aromatic carbocycles. The van der Waals surface area contributed by atoms with Gasteiger partial charge < -0.3 is 30.3 Å². The van der Waals surface area contributed by atoms with Gasteiger partial charge in [0, 0.05) is 48.2 Å². The number of hydrogen-bond acceptors (Lipinski definition) is 8. The lowest BCUT2D eigenvalue weighted by Crippen LogP contribution is -2.63. The number of hydrogen-bond donors (Lipinski definition) is 5. The van der Waals surface area contributed by atoms with Crippen LogP contribution in [-0.4, -0.2) is 90.2 Å². The van der Waals surface area contributed by atoms with Crippen molar-refractivity contribution < 1.29 is 30.3 Å². The third-order valence-electron chi connectivity index (χ3n) is 11.9.